The van der Waals surface area contributed by atoms with E-state index in [1.165, 1.54) is 6.07 Å². The molecule has 0 atom stereocenters. The summed E-state index contributed by atoms with van der Waals surface area (Å²) in [6.45, 7) is 6.69. The molecule has 0 unspecified atom stereocenters. The van der Waals surface area contributed by atoms with Crippen molar-refractivity contribution in [2.24, 2.45) is 0 Å². The summed E-state index contributed by atoms with van der Waals surface area (Å²) < 4.78 is 0. The topological polar surface area (TPSA) is 28.1 Å². The normalized spacial score (nSPS) is 8.27. The van der Waals surface area contributed by atoms with Gasteiger partial charge in [0.05, 0.1) is 12.6 Å². The SMILES string of the molecule is [C-]#[N+]c1cc(C#N)ccc1Cl. The Morgan fingerprint density at radius 2 is 2.27 bits per heavy atom. The summed E-state index contributed by atoms with van der Waals surface area (Å²) in [5.74, 6) is 0. The number of halogens is 1. The molecule has 0 aromatic heterocycles. The highest BCUT2D eigenvalue weighted by Crippen LogP contribution is 2.25. The van der Waals surface area contributed by atoms with Crippen molar-refractivity contribution in [3.8, 4) is 6.07 Å². The molecule has 1 aromatic carbocycles. The zero-order chi connectivity index (χ0) is 8.27. The lowest BCUT2D eigenvalue weighted by atomic mass is 10.2. The number of nitriles is 1. The maximum Gasteiger partial charge on any atom is 0.206 e. The van der Waals surface area contributed by atoms with Crippen molar-refractivity contribution in [3.63, 3.8) is 0 Å². The van der Waals surface area contributed by atoms with E-state index in [0.29, 0.717) is 16.3 Å². The first-order valence-corrected chi connectivity index (χ1v) is 3.23. The second-order valence-corrected chi connectivity index (χ2v) is 2.30. The summed E-state index contributed by atoms with van der Waals surface area (Å²) in [5.41, 5.74) is 0.783. The zero-order valence-corrected chi connectivity index (χ0v) is 6.26. The first-order chi connectivity index (χ1) is 5.27. The summed E-state index contributed by atoms with van der Waals surface area (Å²) in [6, 6.07) is 6.52. The molecule has 0 amide bonds. The van der Waals surface area contributed by atoms with E-state index >= 15 is 0 Å². The van der Waals surface area contributed by atoms with E-state index in [1.807, 2.05) is 6.07 Å². The first kappa shape index (κ1) is 7.60. The molecule has 0 aliphatic carbocycles. The van der Waals surface area contributed by atoms with Crippen LogP contribution in [0.1, 0.15) is 5.56 Å². The van der Waals surface area contributed by atoms with Crippen LogP contribution in [-0.2, 0) is 0 Å². The smallest absolute Gasteiger partial charge is 0.206 e. The molecule has 0 saturated heterocycles. The van der Waals surface area contributed by atoms with Crippen molar-refractivity contribution in [2.45, 2.75) is 0 Å². The summed E-state index contributed by atoms with van der Waals surface area (Å²) in [6.07, 6.45) is 0. The number of benzene rings is 1. The van der Waals surface area contributed by atoms with Gasteiger partial charge in [0, 0.05) is 10.6 Å². The standard InChI is InChI=1S/C8H3ClN2/c1-11-8-4-6(5-10)2-3-7(8)9/h2-4H. The van der Waals surface area contributed by atoms with E-state index in [-0.39, 0.29) is 0 Å². The van der Waals surface area contributed by atoms with Gasteiger partial charge in [-0.25, -0.2) is 4.85 Å². The second kappa shape index (κ2) is 3.05. The van der Waals surface area contributed by atoms with E-state index < -0.39 is 0 Å². The van der Waals surface area contributed by atoms with Gasteiger partial charge in [0.25, 0.3) is 0 Å². The fraction of sp³-hybridized carbons (Fsp3) is 0. The molecule has 0 bridgehead atoms. The minimum absolute atomic E-state index is 0.325. The second-order valence-electron chi connectivity index (χ2n) is 1.89. The predicted octanol–water partition coefficient (Wildman–Crippen LogP) is 2.76. The third-order valence-corrected chi connectivity index (χ3v) is 1.52. The van der Waals surface area contributed by atoms with E-state index in [9.17, 15) is 0 Å². The van der Waals surface area contributed by atoms with Gasteiger partial charge in [0.2, 0.25) is 5.69 Å². The highest BCUT2D eigenvalue weighted by atomic mass is 35.5. The van der Waals surface area contributed by atoms with E-state index in [1.54, 1.807) is 12.1 Å². The van der Waals surface area contributed by atoms with Crippen LogP contribution in [0, 0.1) is 17.9 Å². The molecule has 11 heavy (non-hydrogen) atoms. The first-order valence-electron chi connectivity index (χ1n) is 2.85. The van der Waals surface area contributed by atoms with Crippen LogP contribution in [0.3, 0.4) is 0 Å². The highest BCUT2D eigenvalue weighted by Gasteiger charge is 1.99. The van der Waals surface area contributed by atoms with Crippen molar-refractivity contribution < 1.29 is 0 Å². The lowest BCUT2D eigenvalue weighted by Gasteiger charge is -1.92. The Balaban J connectivity index is 3.29. The van der Waals surface area contributed by atoms with Gasteiger partial charge in [-0.3, -0.25) is 0 Å². The molecule has 0 spiro atoms. The van der Waals surface area contributed by atoms with Crippen LogP contribution in [0.4, 0.5) is 5.69 Å². The lowest BCUT2D eigenvalue weighted by Crippen LogP contribution is -1.71. The molecule has 0 N–H and O–H groups in total. The number of hydrogen-bond donors (Lipinski definition) is 0. The zero-order valence-electron chi connectivity index (χ0n) is 5.50. The Kier molecular flexibility index (Phi) is 2.11. The average molecular weight is 163 g/mol. The quantitative estimate of drug-likeness (QED) is 0.539. The largest absolute Gasteiger partial charge is 0.237 e. The molecule has 3 heteroatoms. The molecule has 0 aliphatic rings. The summed E-state index contributed by atoms with van der Waals surface area (Å²) in [5, 5.41) is 8.84. The monoisotopic (exact) mass is 162 g/mol. The molecular formula is C8H3ClN2. The molecule has 1 rings (SSSR count). The molecule has 52 valence electrons. The summed E-state index contributed by atoms with van der Waals surface area (Å²) in [4.78, 5) is 3.15. The highest BCUT2D eigenvalue weighted by molar-refractivity contribution is 6.33. The average Bonchev–Trinajstić information content (AvgIpc) is 2.05. The van der Waals surface area contributed by atoms with Crippen LogP contribution in [0.2, 0.25) is 5.02 Å². The minimum Gasteiger partial charge on any atom is -0.237 e. The van der Waals surface area contributed by atoms with Crippen molar-refractivity contribution in [3.05, 3.63) is 40.2 Å². The third-order valence-electron chi connectivity index (χ3n) is 1.20. The number of rotatable bonds is 0. The molecule has 0 fully saturated rings. The minimum atomic E-state index is 0.325. The Morgan fingerprint density at radius 3 is 2.82 bits per heavy atom. The Hall–Kier alpha value is -1.51. The van der Waals surface area contributed by atoms with Crippen LogP contribution in [0.25, 0.3) is 4.85 Å². The fourth-order valence-electron chi connectivity index (χ4n) is 0.668. The van der Waals surface area contributed by atoms with E-state index in [2.05, 4.69) is 4.85 Å². The van der Waals surface area contributed by atoms with Gasteiger partial charge < -0.3 is 0 Å². The van der Waals surface area contributed by atoms with E-state index in [4.69, 9.17) is 23.4 Å². The van der Waals surface area contributed by atoms with Crippen molar-refractivity contribution in [1.29, 1.82) is 5.26 Å². The van der Waals surface area contributed by atoms with Gasteiger partial charge in [0.15, 0.2) is 0 Å². The Morgan fingerprint density at radius 1 is 1.55 bits per heavy atom. The fourth-order valence-corrected chi connectivity index (χ4v) is 0.828. The van der Waals surface area contributed by atoms with Crippen molar-refractivity contribution >= 4 is 17.3 Å². The van der Waals surface area contributed by atoms with Crippen LogP contribution in [0.5, 0.6) is 0 Å². The van der Waals surface area contributed by atoms with Gasteiger partial charge >= 0.3 is 0 Å². The Bertz CT molecular complexity index is 357. The van der Waals surface area contributed by atoms with Crippen LogP contribution >= 0.6 is 11.6 Å². The van der Waals surface area contributed by atoms with Gasteiger partial charge in [-0.05, 0) is 12.1 Å². The van der Waals surface area contributed by atoms with Crippen LogP contribution in [-0.4, -0.2) is 0 Å². The van der Waals surface area contributed by atoms with Crippen LogP contribution in [0.15, 0.2) is 18.2 Å². The molecule has 2 nitrogen and oxygen atoms in total. The number of nitrogens with zero attached hydrogens (tertiary/aromatic N) is 2. The van der Waals surface area contributed by atoms with Gasteiger partial charge in [0.1, 0.15) is 0 Å². The number of hydrogen-bond acceptors (Lipinski definition) is 1. The molecule has 0 aliphatic heterocycles. The van der Waals surface area contributed by atoms with Crippen molar-refractivity contribution in [1.82, 2.24) is 0 Å². The third kappa shape index (κ3) is 1.49. The van der Waals surface area contributed by atoms with Gasteiger partial charge in [-0.1, -0.05) is 17.7 Å². The van der Waals surface area contributed by atoms with Crippen molar-refractivity contribution in [2.75, 3.05) is 0 Å². The lowest BCUT2D eigenvalue weighted by molar-refractivity contribution is 1.49. The van der Waals surface area contributed by atoms with Crippen LogP contribution < -0.4 is 0 Å². The van der Waals surface area contributed by atoms with Gasteiger partial charge in [-0.2, -0.15) is 5.26 Å². The molecule has 0 saturated carbocycles. The molecular weight excluding hydrogens is 160 g/mol. The molecule has 0 heterocycles. The molecule has 1 aromatic rings. The van der Waals surface area contributed by atoms with E-state index in [0.717, 1.165) is 0 Å². The summed E-state index contributed by atoms with van der Waals surface area (Å²) >= 11 is 5.63. The maximum atomic E-state index is 8.45. The molecule has 0 radical (unpaired) electrons. The summed E-state index contributed by atoms with van der Waals surface area (Å²) in [7, 11) is 0. The Labute approximate surface area is 69.5 Å². The predicted molar refractivity (Wildman–Crippen MR) is 42.4 cm³/mol. The van der Waals surface area contributed by atoms with Gasteiger partial charge in [-0.15, -0.1) is 0 Å². The maximum absolute atomic E-state index is 8.45.